The Balaban J connectivity index is 2.69. The lowest BCUT2D eigenvalue weighted by Gasteiger charge is -2.18. The standard InChI is InChI=1S/C11H21N3/c1-6-9(2)13-10-7-12-14(8-10)11(3,4)5/h7-9,13H,6H2,1-5H3. The lowest BCUT2D eigenvalue weighted by molar-refractivity contribution is 0.355. The summed E-state index contributed by atoms with van der Waals surface area (Å²) in [4.78, 5) is 0. The lowest BCUT2D eigenvalue weighted by Crippen LogP contribution is -2.22. The quantitative estimate of drug-likeness (QED) is 0.803. The first-order chi connectivity index (χ1) is 6.43. The van der Waals surface area contributed by atoms with Crippen LogP contribution in [0.4, 0.5) is 5.69 Å². The van der Waals surface area contributed by atoms with Crippen molar-refractivity contribution >= 4 is 5.69 Å². The smallest absolute Gasteiger partial charge is 0.0728 e. The van der Waals surface area contributed by atoms with Crippen molar-refractivity contribution in [3.05, 3.63) is 12.4 Å². The molecule has 1 N–H and O–H groups in total. The maximum Gasteiger partial charge on any atom is 0.0728 e. The van der Waals surface area contributed by atoms with Gasteiger partial charge in [-0.1, -0.05) is 6.92 Å². The molecule has 0 radical (unpaired) electrons. The second-order valence-electron chi connectivity index (χ2n) is 4.80. The maximum absolute atomic E-state index is 4.33. The zero-order chi connectivity index (χ0) is 10.8. The number of rotatable bonds is 3. The topological polar surface area (TPSA) is 29.9 Å². The summed E-state index contributed by atoms with van der Waals surface area (Å²) in [5.74, 6) is 0. The molecular weight excluding hydrogens is 174 g/mol. The normalized spacial score (nSPS) is 14.1. The number of aromatic nitrogens is 2. The molecule has 0 bridgehead atoms. The van der Waals surface area contributed by atoms with Crippen LogP contribution in [0.3, 0.4) is 0 Å². The molecule has 0 spiro atoms. The monoisotopic (exact) mass is 195 g/mol. The van der Waals surface area contributed by atoms with Crippen molar-refractivity contribution in [3.63, 3.8) is 0 Å². The molecule has 0 aliphatic heterocycles. The summed E-state index contributed by atoms with van der Waals surface area (Å²) < 4.78 is 1.98. The third-order valence-corrected chi connectivity index (χ3v) is 2.30. The number of nitrogens with zero attached hydrogens (tertiary/aromatic N) is 2. The van der Waals surface area contributed by atoms with E-state index in [9.17, 15) is 0 Å². The zero-order valence-corrected chi connectivity index (χ0v) is 9.83. The number of hydrogen-bond acceptors (Lipinski definition) is 2. The molecular formula is C11H21N3. The fraction of sp³-hybridized carbons (Fsp3) is 0.727. The Morgan fingerprint density at radius 1 is 1.50 bits per heavy atom. The number of nitrogens with one attached hydrogen (secondary N) is 1. The van der Waals surface area contributed by atoms with E-state index in [1.54, 1.807) is 0 Å². The van der Waals surface area contributed by atoms with Crippen LogP contribution < -0.4 is 5.32 Å². The summed E-state index contributed by atoms with van der Waals surface area (Å²) in [7, 11) is 0. The molecule has 0 fully saturated rings. The van der Waals surface area contributed by atoms with Crippen LogP contribution in [-0.2, 0) is 5.54 Å². The van der Waals surface area contributed by atoms with E-state index < -0.39 is 0 Å². The molecule has 1 atom stereocenters. The van der Waals surface area contributed by atoms with Crippen molar-refractivity contribution in [1.82, 2.24) is 9.78 Å². The van der Waals surface area contributed by atoms with Gasteiger partial charge in [0.2, 0.25) is 0 Å². The van der Waals surface area contributed by atoms with Crippen molar-refractivity contribution < 1.29 is 0 Å². The predicted molar refractivity (Wildman–Crippen MR) is 60.6 cm³/mol. The van der Waals surface area contributed by atoms with Gasteiger partial charge in [0.15, 0.2) is 0 Å². The number of anilines is 1. The third kappa shape index (κ3) is 2.76. The summed E-state index contributed by atoms with van der Waals surface area (Å²) >= 11 is 0. The van der Waals surface area contributed by atoms with E-state index in [0.29, 0.717) is 6.04 Å². The van der Waals surface area contributed by atoms with Gasteiger partial charge in [0.1, 0.15) is 0 Å². The van der Waals surface area contributed by atoms with E-state index in [1.807, 2.05) is 10.9 Å². The van der Waals surface area contributed by atoms with Crippen LogP contribution in [0.2, 0.25) is 0 Å². The summed E-state index contributed by atoms with van der Waals surface area (Å²) in [6, 6.07) is 0.507. The molecule has 1 aromatic rings. The third-order valence-electron chi connectivity index (χ3n) is 2.30. The molecule has 0 aliphatic rings. The highest BCUT2D eigenvalue weighted by Crippen LogP contribution is 2.16. The molecule has 14 heavy (non-hydrogen) atoms. The molecule has 1 aromatic heterocycles. The summed E-state index contributed by atoms with van der Waals surface area (Å²) in [5.41, 5.74) is 1.17. The Kier molecular flexibility index (Phi) is 3.19. The fourth-order valence-corrected chi connectivity index (χ4v) is 1.15. The van der Waals surface area contributed by atoms with Crippen molar-refractivity contribution in [2.45, 2.75) is 52.6 Å². The van der Waals surface area contributed by atoms with Gasteiger partial charge in [-0.3, -0.25) is 4.68 Å². The van der Waals surface area contributed by atoms with E-state index in [1.165, 1.54) is 0 Å². The van der Waals surface area contributed by atoms with Crippen LogP contribution >= 0.6 is 0 Å². The van der Waals surface area contributed by atoms with E-state index in [2.05, 4.69) is 51.2 Å². The molecule has 80 valence electrons. The van der Waals surface area contributed by atoms with Gasteiger partial charge < -0.3 is 5.32 Å². The summed E-state index contributed by atoms with van der Waals surface area (Å²) in [6.45, 7) is 10.8. The van der Waals surface area contributed by atoms with Gasteiger partial charge in [0.05, 0.1) is 17.4 Å². The van der Waals surface area contributed by atoms with Gasteiger partial charge in [-0.15, -0.1) is 0 Å². The minimum absolute atomic E-state index is 0.0649. The van der Waals surface area contributed by atoms with Gasteiger partial charge in [-0.2, -0.15) is 5.10 Å². The molecule has 3 heteroatoms. The van der Waals surface area contributed by atoms with Gasteiger partial charge in [-0.05, 0) is 34.1 Å². The Morgan fingerprint density at radius 2 is 2.14 bits per heavy atom. The first-order valence-electron chi connectivity index (χ1n) is 5.25. The van der Waals surface area contributed by atoms with Gasteiger partial charge in [0, 0.05) is 12.2 Å². The van der Waals surface area contributed by atoms with Gasteiger partial charge in [-0.25, -0.2) is 0 Å². The van der Waals surface area contributed by atoms with E-state index in [-0.39, 0.29) is 5.54 Å². The Hall–Kier alpha value is -0.990. The SMILES string of the molecule is CCC(C)Nc1cnn(C(C)(C)C)c1. The largest absolute Gasteiger partial charge is 0.380 e. The molecule has 0 amide bonds. The zero-order valence-electron chi connectivity index (χ0n) is 9.83. The van der Waals surface area contributed by atoms with Crippen LogP contribution in [0.25, 0.3) is 0 Å². The summed E-state index contributed by atoms with van der Waals surface area (Å²) in [6.07, 6.45) is 5.07. The van der Waals surface area contributed by atoms with E-state index in [4.69, 9.17) is 0 Å². The first kappa shape index (κ1) is 11.1. The minimum atomic E-state index is 0.0649. The molecule has 0 saturated heterocycles. The van der Waals surface area contributed by atoms with Gasteiger partial charge in [0.25, 0.3) is 0 Å². The second-order valence-corrected chi connectivity index (χ2v) is 4.80. The number of hydrogen-bond donors (Lipinski definition) is 1. The average Bonchev–Trinajstić information content (AvgIpc) is 2.51. The van der Waals surface area contributed by atoms with Crippen molar-refractivity contribution in [3.8, 4) is 0 Å². The first-order valence-corrected chi connectivity index (χ1v) is 5.25. The van der Waals surface area contributed by atoms with Gasteiger partial charge >= 0.3 is 0 Å². The van der Waals surface area contributed by atoms with Crippen LogP contribution in [0.5, 0.6) is 0 Å². The van der Waals surface area contributed by atoms with Crippen LogP contribution in [-0.4, -0.2) is 15.8 Å². The molecule has 0 aliphatic carbocycles. The average molecular weight is 195 g/mol. The lowest BCUT2D eigenvalue weighted by atomic mass is 10.1. The summed E-state index contributed by atoms with van der Waals surface area (Å²) in [5, 5.41) is 7.73. The molecule has 0 aromatic carbocycles. The van der Waals surface area contributed by atoms with Crippen LogP contribution in [0.1, 0.15) is 41.0 Å². The highest BCUT2D eigenvalue weighted by atomic mass is 15.3. The molecule has 1 rings (SSSR count). The maximum atomic E-state index is 4.33. The fourth-order valence-electron chi connectivity index (χ4n) is 1.15. The van der Waals surface area contributed by atoms with Crippen molar-refractivity contribution in [2.75, 3.05) is 5.32 Å². The highest BCUT2D eigenvalue weighted by Gasteiger charge is 2.14. The highest BCUT2D eigenvalue weighted by molar-refractivity contribution is 5.39. The minimum Gasteiger partial charge on any atom is -0.380 e. The Bertz CT molecular complexity index is 283. The van der Waals surface area contributed by atoms with E-state index >= 15 is 0 Å². The Morgan fingerprint density at radius 3 is 2.57 bits per heavy atom. The Labute approximate surface area is 86.5 Å². The molecule has 1 heterocycles. The van der Waals surface area contributed by atoms with Crippen LogP contribution in [0, 0.1) is 0 Å². The molecule has 1 unspecified atom stereocenters. The van der Waals surface area contributed by atoms with Crippen LogP contribution in [0.15, 0.2) is 12.4 Å². The van der Waals surface area contributed by atoms with Crippen molar-refractivity contribution in [2.24, 2.45) is 0 Å². The molecule has 0 saturated carbocycles. The molecule has 3 nitrogen and oxygen atoms in total. The second kappa shape index (κ2) is 4.03. The predicted octanol–water partition coefficient (Wildman–Crippen LogP) is 2.85. The van der Waals surface area contributed by atoms with Crippen molar-refractivity contribution in [1.29, 1.82) is 0 Å². The van der Waals surface area contributed by atoms with E-state index in [0.717, 1.165) is 12.1 Å².